The number of carbonyl (C=O) groups is 1. The first-order valence-electron chi connectivity index (χ1n) is 8.16. The second-order valence-electron chi connectivity index (χ2n) is 6.53. The van der Waals surface area contributed by atoms with E-state index in [1.807, 2.05) is 6.07 Å². The summed E-state index contributed by atoms with van der Waals surface area (Å²) >= 11 is 0. The molecule has 1 aromatic carbocycles. The number of amides is 1. The highest BCUT2D eigenvalue weighted by Crippen LogP contribution is 2.29. The Hall–Kier alpha value is -1.55. The summed E-state index contributed by atoms with van der Waals surface area (Å²) in [6.07, 6.45) is 3.60. The predicted molar refractivity (Wildman–Crippen MR) is 83.3 cm³/mol. The van der Waals surface area contributed by atoms with Gasteiger partial charge in [-0.1, -0.05) is 18.2 Å². The Morgan fingerprint density at radius 3 is 2.62 bits per heavy atom. The first-order valence-corrected chi connectivity index (χ1v) is 8.16. The Labute approximate surface area is 126 Å². The summed E-state index contributed by atoms with van der Waals surface area (Å²) in [7, 11) is 0. The molecule has 1 aromatic rings. The number of hydrogen-bond donors (Lipinski definition) is 1. The molecule has 2 fully saturated rings. The number of piperazine rings is 1. The van der Waals surface area contributed by atoms with E-state index in [1.165, 1.54) is 24.1 Å². The molecule has 1 unspecified atom stereocenters. The molecule has 1 aliphatic carbocycles. The highest BCUT2D eigenvalue weighted by molar-refractivity contribution is 5.81. The van der Waals surface area contributed by atoms with Gasteiger partial charge in [-0.05, 0) is 30.9 Å². The van der Waals surface area contributed by atoms with E-state index in [2.05, 4.69) is 33.3 Å². The molecule has 1 atom stereocenters. The van der Waals surface area contributed by atoms with Crippen LogP contribution < -0.4 is 5.32 Å². The number of para-hydroxylation sites is 1. The molecule has 0 radical (unpaired) electrons. The Morgan fingerprint density at radius 1 is 1.10 bits per heavy atom. The molecule has 1 amide bonds. The van der Waals surface area contributed by atoms with Crippen LogP contribution in [0.2, 0.25) is 0 Å². The molecule has 0 bridgehead atoms. The molecule has 1 N–H and O–H groups in total. The van der Waals surface area contributed by atoms with Crippen molar-refractivity contribution in [2.45, 2.75) is 25.3 Å². The second kappa shape index (κ2) is 5.34. The fourth-order valence-corrected chi connectivity index (χ4v) is 3.62. The minimum absolute atomic E-state index is 0.104. The minimum atomic E-state index is 0.104. The van der Waals surface area contributed by atoms with E-state index in [4.69, 9.17) is 0 Å². The molecule has 2 aliphatic heterocycles. The molecular formula is C17H23N3O. The lowest BCUT2D eigenvalue weighted by molar-refractivity contribution is -0.137. The standard InChI is InChI=1S/C17H23N3O/c21-17(20-9-7-19(8-10-20)15-5-6-15)14-11-13-3-1-2-4-16(13)18-12-14/h1-4,14-15,18H,5-12H2. The van der Waals surface area contributed by atoms with Crippen molar-refractivity contribution in [1.82, 2.24) is 9.80 Å². The average molecular weight is 285 g/mol. The number of fused-ring (bicyclic) bond motifs is 1. The smallest absolute Gasteiger partial charge is 0.227 e. The van der Waals surface area contributed by atoms with Crippen molar-refractivity contribution in [3.63, 3.8) is 0 Å². The van der Waals surface area contributed by atoms with Gasteiger partial charge in [-0.25, -0.2) is 0 Å². The molecular weight excluding hydrogens is 262 g/mol. The second-order valence-corrected chi connectivity index (χ2v) is 6.53. The zero-order chi connectivity index (χ0) is 14.2. The van der Waals surface area contributed by atoms with Crippen LogP contribution in [0.3, 0.4) is 0 Å². The van der Waals surface area contributed by atoms with Crippen LogP contribution in [0.25, 0.3) is 0 Å². The third-order valence-electron chi connectivity index (χ3n) is 5.06. The summed E-state index contributed by atoms with van der Waals surface area (Å²) < 4.78 is 0. The molecule has 1 saturated carbocycles. The van der Waals surface area contributed by atoms with Gasteiger partial charge in [0.25, 0.3) is 0 Å². The minimum Gasteiger partial charge on any atom is -0.384 e. The van der Waals surface area contributed by atoms with E-state index in [9.17, 15) is 4.79 Å². The number of carbonyl (C=O) groups excluding carboxylic acids is 1. The van der Waals surface area contributed by atoms with Gasteiger partial charge in [0.2, 0.25) is 5.91 Å². The lowest BCUT2D eigenvalue weighted by Gasteiger charge is -2.37. The van der Waals surface area contributed by atoms with Crippen molar-refractivity contribution >= 4 is 11.6 Å². The molecule has 2 heterocycles. The number of benzene rings is 1. The van der Waals surface area contributed by atoms with Gasteiger partial charge in [0, 0.05) is 44.5 Å². The van der Waals surface area contributed by atoms with Crippen LogP contribution in [0, 0.1) is 5.92 Å². The molecule has 4 heteroatoms. The van der Waals surface area contributed by atoms with Crippen molar-refractivity contribution in [2.24, 2.45) is 5.92 Å². The van der Waals surface area contributed by atoms with Crippen molar-refractivity contribution in [3.05, 3.63) is 29.8 Å². The fourth-order valence-electron chi connectivity index (χ4n) is 3.62. The third kappa shape index (κ3) is 2.64. The highest BCUT2D eigenvalue weighted by Gasteiger charge is 2.34. The van der Waals surface area contributed by atoms with E-state index in [-0.39, 0.29) is 5.92 Å². The third-order valence-corrected chi connectivity index (χ3v) is 5.06. The van der Waals surface area contributed by atoms with E-state index < -0.39 is 0 Å². The lowest BCUT2D eigenvalue weighted by atomic mass is 9.92. The van der Waals surface area contributed by atoms with Crippen molar-refractivity contribution in [3.8, 4) is 0 Å². The lowest BCUT2D eigenvalue weighted by Crippen LogP contribution is -2.52. The van der Waals surface area contributed by atoms with Crippen molar-refractivity contribution in [1.29, 1.82) is 0 Å². The zero-order valence-corrected chi connectivity index (χ0v) is 12.4. The summed E-state index contributed by atoms with van der Waals surface area (Å²) in [6.45, 7) is 4.72. The van der Waals surface area contributed by atoms with Crippen LogP contribution in [-0.4, -0.2) is 54.5 Å². The Bertz CT molecular complexity index is 533. The number of anilines is 1. The van der Waals surface area contributed by atoms with E-state index in [1.54, 1.807) is 0 Å². The first kappa shape index (κ1) is 13.1. The van der Waals surface area contributed by atoms with Gasteiger partial charge < -0.3 is 10.2 Å². The van der Waals surface area contributed by atoms with Crippen LogP contribution in [0.4, 0.5) is 5.69 Å². The first-order chi connectivity index (χ1) is 10.3. The average Bonchev–Trinajstić information content (AvgIpc) is 3.39. The molecule has 4 nitrogen and oxygen atoms in total. The number of rotatable bonds is 2. The van der Waals surface area contributed by atoms with Gasteiger partial charge in [0.15, 0.2) is 0 Å². The number of nitrogens with zero attached hydrogens (tertiary/aromatic N) is 2. The Kier molecular flexibility index (Phi) is 3.34. The van der Waals surface area contributed by atoms with E-state index in [0.717, 1.165) is 45.2 Å². The predicted octanol–water partition coefficient (Wildman–Crippen LogP) is 1.58. The summed E-state index contributed by atoms with van der Waals surface area (Å²) in [5, 5.41) is 3.41. The monoisotopic (exact) mass is 285 g/mol. The summed E-state index contributed by atoms with van der Waals surface area (Å²) in [6, 6.07) is 9.16. The quantitative estimate of drug-likeness (QED) is 0.896. The van der Waals surface area contributed by atoms with Gasteiger partial charge in [0.1, 0.15) is 0 Å². The van der Waals surface area contributed by atoms with E-state index >= 15 is 0 Å². The maximum Gasteiger partial charge on any atom is 0.227 e. The molecule has 21 heavy (non-hydrogen) atoms. The number of hydrogen-bond acceptors (Lipinski definition) is 3. The Morgan fingerprint density at radius 2 is 1.86 bits per heavy atom. The van der Waals surface area contributed by atoms with Crippen molar-refractivity contribution < 1.29 is 4.79 Å². The van der Waals surface area contributed by atoms with E-state index in [0.29, 0.717) is 5.91 Å². The van der Waals surface area contributed by atoms with Crippen LogP contribution in [-0.2, 0) is 11.2 Å². The molecule has 112 valence electrons. The summed E-state index contributed by atoms with van der Waals surface area (Å²) in [5.41, 5.74) is 2.47. The normalized spacial score (nSPS) is 26.1. The van der Waals surface area contributed by atoms with Gasteiger partial charge in [0.05, 0.1) is 5.92 Å². The van der Waals surface area contributed by atoms with Gasteiger partial charge >= 0.3 is 0 Å². The molecule has 3 aliphatic rings. The molecule has 4 rings (SSSR count). The summed E-state index contributed by atoms with van der Waals surface area (Å²) in [5.74, 6) is 0.444. The molecule has 0 spiro atoms. The SMILES string of the molecule is O=C(C1CNc2ccccc2C1)N1CCN(C2CC2)CC1. The van der Waals surface area contributed by atoms with Gasteiger partial charge in [-0.15, -0.1) is 0 Å². The Balaban J connectivity index is 1.37. The zero-order valence-electron chi connectivity index (χ0n) is 12.4. The molecule has 0 aromatic heterocycles. The summed E-state index contributed by atoms with van der Waals surface area (Å²) in [4.78, 5) is 17.4. The van der Waals surface area contributed by atoms with Gasteiger partial charge in [-0.2, -0.15) is 0 Å². The topological polar surface area (TPSA) is 35.6 Å². The van der Waals surface area contributed by atoms with Crippen LogP contribution >= 0.6 is 0 Å². The highest BCUT2D eigenvalue weighted by atomic mass is 16.2. The fraction of sp³-hybridized carbons (Fsp3) is 0.588. The maximum absolute atomic E-state index is 12.7. The van der Waals surface area contributed by atoms with Crippen LogP contribution in [0.5, 0.6) is 0 Å². The number of nitrogens with one attached hydrogen (secondary N) is 1. The van der Waals surface area contributed by atoms with Crippen LogP contribution in [0.1, 0.15) is 18.4 Å². The van der Waals surface area contributed by atoms with Crippen molar-refractivity contribution in [2.75, 3.05) is 38.0 Å². The molecule has 1 saturated heterocycles. The van der Waals surface area contributed by atoms with Crippen LogP contribution in [0.15, 0.2) is 24.3 Å². The largest absolute Gasteiger partial charge is 0.384 e. The maximum atomic E-state index is 12.7. The van der Waals surface area contributed by atoms with Gasteiger partial charge in [-0.3, -0.25) is 9.69 Å².